The van der Waals surface area contributed by atoms with Crippen molar-refractivity contribution in [3.63, 3.8) is 0 Å². The Balaban J connectivity index is 1.28. The Bertz CT molecular complexity index is 2150. The van der Waals surface area contributed by atoms with Crippen molar-refractivity contribution in [1.29, 1.82) is 5.26 Å². The predicted molar refractivity (Wildman–Crippen MR) is 175 cm³/mol. The maximum Gasteiger partial charge on any atom is 0.319 e. The number of nitriles is 1. The molecule has 3 aromatic heterocycles. The highest BCUT2D eigenvalue weighted by atomic mass is 32.1. The summed E-state index contributed by atoms with van der Waals surface area (Å²) in [5, 5.41) is 15.1. The van der Waals surface area contributed by atoms with E-state index in [0.29, 0.717) is 48.4 Å². The number of fused-ring (bicyclic) bond motifs is 7. The number of anilines is 2. The fourth-order valence-electron chi connectivity index (χ4n) is 8.60. The number of alkyl halides is 1. The van der Waals surface area contributed by atoms with Crippen LogP contribution < -0.4 is 20.7 Å². The number of nitrogen functional groups attached to an aromatic ring is 1. The van der Waals surface area contributed by atoms with Crippen molar-refractivity contribution in [3.8, 4) is 23.2 Å². The molecule has 4 aliphatic heterocycles. The van der Waals surface area contributed by atoms with Gasteiger partial charge < -0.3 is 25.1 Å². The molecule has 4 atom stereocenters. The molecule has 0 spiro atoms. The lowest BCUT2D eigenvalue weighted by atomic mass is 9.95. The lowest BCUT2D eigenvalue weighted by Gasteiger charge is -2.35. The summed E-state index contributed by atoms with van der Waals surface area (Å²) in [6.07, 6.45) is 3.32. The van der Waals surface area contributed by atoms with E-state index >= 15 is 8.78 Å². The number of aromatic nitrogens is 2. The molecule has 2 unspecified atom stereocenters. The van der Waals surface area contributed by atoms with Gasteiger partial charge in [-0.2, -0.15) is 15.2 Å². The first kappa shape index (κ1) is 29.1. The van der Waals surface area contributed by atoms with Gasteiger partial charge in [0.25, 0.3) is 0 Å². The molecule has 9 nitrogen and oxygen atoms in total. The second kappa shape index (κ2) is 10.4. The number of ether oxygens (including phenoxy) is 1. The van der Waals surface area contributed by atoms with E-state index in [2.05, 4.69) is 21.2 Å². The second-order valence-electron chi connectivity index (χ2n) is 13.5. The van der Waals surface area contributed by atoms with Crippen LogP contribution in [0, 0.1) is 29.9 Å². The van der Waals surface area contributed by atoms with Crippen molar-refractivity contribution in [2.75, 3.05) is 43.4 Å². The van der Waals surface area contributed by atoms with E-state index < -0.39 is 23.3 Å². The first-order valence-corrected chi connectivity index (χ1v) is 16.9. The Hall–Kier alpha value is -4.12. The number of benzene rings is 2. The molecule has 7 heterocycles. The Morgan fingerprint density at radius 1 is 1.19 bits per heavy atom. The summed E-state index contributed by atoms with van der Waals surface area (Å²) in [6, 6.07) is 7.21. The molecule has 242 valence electrons. The molecule has 0 amide bonds. The van der Waals surface area contributed by atoms with Crippen LogP contribution in [0.1, 0.15) is 43.4 Å². The molecular weight excluding hydrogens is 627 g/mol. The van der Waals surface area contributed by atoms with Crippen molar-refractivity contribution in [2.24, 2.45) is 0 Å². The third-order valence-corrected chi connectivity index (χ3v) is 11.6. The molecule has 5 aromatic rings. The van der Waals surface area contributed by atoms with Crippen LogP contribution in [0.3, 0.4) is 0 Å². The minimum absolute atomic E-state index is 0.0214. The summed E-state index contributed by atoms with van der Waals surface area (Å²) in [6.45, 7) is 4.55. The highest BCUT2D eigenvalue weighted by Crippen LogP contribution is 2.48. The molecule has 2 bridgehead atoms. The van der Waals surface area contributed by atoms with E-state index in [-0.39, 0.29) is 67.6 Å². The number of nitrogens with two attached hydrogens (primary N) is 1. The van der Waals surface area contributed by atoms with Gasteiger partial charge in [0.2, 0.25) is 0 Å². The average molecular weight is 660 g/mol. The molecular formula is C34H32F3N7O2S. The van der Waals surface area contributed by atoms with E-state index in [9.17, 15) is 9.65 Å². The third-order valence-electron chi connectivity index (χ3n) is 10.6. The highest BCUT2D eigenvalue weighted by Gasteiger charge is 2.49. The molecule has 47 heavy (non-hydrogen) atoms. The average Bonchev–Trinajstić information content (AvgIpc) is 3.85. The molecule has 4 saturated heterocycles. The normalized spacial score (nSPS) is 25.8. The minimum Gasteiger partial charge on any atom is -0.461 e. The van der Waals surface area contributed by atoms with Gasteiger partial charge in [-0.25, -0.2) is 13.2 Å². The Kier molecular flexibility index (Phi) is 6.45. The minimum atomic E-state index is -0.919. The number of nitrogens with one attached hydrogen (secondary N) is 1. The number of thiophene rings is 1. The number of rotatable bonds is 5. The Morgan fingerprint density at radius 3 is 2.79 bits per heavy atom. The summed E-state index contributed by atoms with van der Waals surface area (Å²) < 4.78 is 59.7. The van der Waals surface area contributed by atoms with Crippen LogP contribution in [-0.2, 0) is 0 Å². The lowest BCUT2D eigenvalue weighted by molar-refractivity contribution is 0.107. The number of hydrogen-bond acceptors (Lipinski definition) is 10. The fraction of sp³-hybridized carbons (Fsp3) is 0.441. The van der Waals surface area contributed by atoms with Gasteiger partial charge in [-0.05, 0) is 56.8 Å². The van der Waals surface area contributed by atoms with Crippen LogP contribution >= 0.6 is 11.3 Å². The topological polar surface area (TPSA) is 116 Å². The van der Waals surface area contributed by atoms with Gasteiger partial charge >= 0.3 is 6.01 Å². The Labute approximate surface area is 272 Å². The Morgan fingerprint density at radius 2 is 2.00 bits per heavy atom. The molecule has 2 aromatic carbocycles. The fourth-order valence-corrected chi connectivity index (χ4v) is 9.55. The smallest absolute Gasteiger partial charge is 0.319 e. The van der Waals surface area contributed by atoms with E-state index in [1.54, 1.807) is 6.92 Å². The number of hydrogen-bond donors (Lipinski definition) is 2. The standard InChI is InChI=1S/C34H32F3N7O2S/c1-16-9-21-26-28(27(37)25(29(21)46-16)20-5-6-23(36)30-24(20)22(11-38)31(39)47-30)41-33(42-32(26)43-13-18-3-4-19(14-43)40-18)45-15-34-7-2-8-44(34)12-17(35)10-34/h5-6,9,17-19,40H,2-4,7-8,10,12-15,39H2,1H3/t17-,18?,19?,34+/m1/s1. The van der Waals surface area contributed by atoms with E-state index in [1.165, 1.54) is 12.1 Å². The van der Waals surface area contributed by atoms with Crippen molar-refractivity contribution in [3.05, 3.63) is 41.2 Å². The van der Waals surface area contributed by atoms with Gasteiger partial charge in [-0.15, -0.1) is 11.3 Å². The maximum absolute atomic E-state index is 17.4. The predicted octanol–water partition coefficient (Wildman–Crippen LogP) is 6.19. The zero-order valence-electron chi connectivity index (χ0n) is 25.7. The molecule has 0 aliphatic carbocycles. The van der Waals surface area contributed by atoms with Crippen LogP contribution in [-0.4, -0.2) is 71.4 Å². The van der Waals surface area contributed by atoms with E-state index in [4.69, 9.17) is 24.9 Å². The summed E-state index contributed by atoms with van der Waals surface area (Å²) in [4.78, 5) is 14.0. The summed E-state index contributed by atoms with van der Waals surface area (Å²) in [7, 11) is 0. The summed E-state index contributed by atoms with van der Waals surface area (Å²) in [5.74, 6) is -0.144. The van der Waals surface area contributed by atoms with Crippen LogP contribution in [0.2, 0.25) is 0 Å². The van der Waals surface area contributed by atoms with Crippen LogP contribution in [0.15, 0.2) is 22.6 Å². The number of piperazine rings is 1. The monoisotopic (exact) mass is 659 g/mol. The van der Waals surface area contributed by atoms with Crippen LogP contribution in [0.25, 0.3) is 43.1 Å². The number of halogens is 3. The molecule has 4 fully saturated rings. The summed E-state index contributed by atoms with van der Waals surface area (Å²) in [5.41, 5.74) is 6.43. The molecule has 9 rings (SSSR count). The number of furan rings is 1. The first-order chi connectivity index (χ1) is 22.7. The molecule has 3 N–H and O–H groups in total. The molecule has 4 aliphatic rings. The van der Waals surface area contributed by atoms with Gasteiger partial charge in [0.15, 0.2) is 5.82 Å². The number of aryl methyl sites for hydroxylation is 1. The van der Waals surface area contributed by atoms with Gasteiger partial charge in [0.1, 0.15) is 52.3 Å². The second-order valence-corrected chi connectivity index (χ2v) is 14.6. The van der Waals surface area contributed by atoms with Crippen molar-refractivity contribution < 1.29 is 22.3 Å². The SMILES string of the molecule is Cc1cc2c(o1)c(-c1ccc(F)c3sc(N)c(C#N)c13)c(F)c1nc(OC[C@@]34CCCN3C[C@H](F)C4)nc(N3CC4CCC(C3)N4)c12. The largest absolute Gasteiger partial charge is 0.461 e. The highest BCUT2D eigenvalue weighted by molar-refractivity contribution is 7.23. The van der Waals surface area contributed by atoms with E-state index in [1.807, 2.05) is 6.07 Å². The van der Waals surface area contributed by atoms with Gasteiger partial charge in [0.05, 0.1) is 26.8 Å². The molecule has 0 radical (unpaired) electrons. The molecule has 0 saturated carbocycles. The van der Waals surface area contributed by atoms with Crippen LogP contribution in [0.4, 0.5) is 24.0 Å². The lowest BCUT2D eigenvalue weighted by Crippen LogP contribution is -2.51. The summed E-state index contributed by atoms with van der Waals surface area (Å²) >= 11 is 0.953. The maximum atomic E-state index is 17.4. The quantitative estimate of drug-likeness (QED) is 0.228. The van der Waals surface area contributed by atoms with Crippen molar-refractivity contribution in [2.45, 2.75) is 62.8 Å². The van der Waals surface area contributed by atoms with Crippen molar-refractivity contribution >= 4 is 54.1 Å². The first-order valence-electron chi connectivity index (χ1n) is 16.1. The van der Waals surface area contributed by atoms with Gasteiger partial charge in [-0.1, -0.05) is 6.07 Å². The van der Waals surface area contributed by atoms with Crippen molar-refractivity contribution in [1.82, 2.24) is 20.2 Å². The zero-order valence-corrected chi connectivity index (χ0v) is 26.5. The van der Waals surface area contributed by atoms with Gasteiger partial charge in [-0.3, -0.25) is 4.90 Å². The van der Waals surface area contributed by atoms with Crippen LogP contribution in [0.5, 0.6) is 6.01 Å². The van der Waals surface area contributed by atoms with Gasteiger partial charge in [0, 0.05) is 48.9 Å². The third kappa shape index (κ3) is 4.34. The number of nitrogens with zero attached hydrogens (tertiary/aromatic N) is 5. The van der Waals surface area contributed by atoms with E-state index in [0.717, 1.165) is 43.6 Å². The zero-order chi connectivity index (χ0) is 32.2. The molecule has 13 heteroatoms.